The molecule has 6 aliphatic heterocycles. The Balaban J connectivity index is 0.000000149. The number of piperidine rings is 2. The lowest BCUT2D eigenvalue weighted by Crippen LogP contribution is -2.68. The third-order valence-corrected chi connectivity index (χ3v) is 17.8. The van der Waals surface area contributed by atoms with Crippen LogP contribution in [0.3, 0.4) is 0 Å². The Kier molecular flexibility index (Phi) is 15.5. The van der Waals surface area contributed by atoms with E-state index in [0.717, 1.165) is 79.6 Å². The molecule has 0 amide bonds. The number of rotatable bonds is 14. The number of piperazine rings is 2. The number of methoxy groups -OCH3 is 2. The summed E-state index contributed by atoms with van der Waals surface area (Å²) in [6, 6.07) is 29.3. The number of alkyl halides is 5. The van der Waals surface area contributed by atoms with Crippen LogP contribution in [0.5, 0.6) is 23.3 Å². The number of nitriles is 4. The molecule has 0 aromatic carbocycles. The number of fused-ring (bicyclic) bond motifs is 6. The minimum Gasteiger partial charge on any atom is -0.506 e. The Morgan fingerprint density at radius 3 is 1.43 bits per heavy atom. The van der Waals surface area contributed by atoms with Crippen molar-refractivity contribution in [2.45, 2.75) is 87.6 Å². The Bertz CT molecular complexity index is 3990. The molecule has 8 aliphatic rings. The van der Waals surface area contributed by atoms with E-state index in [1.807, 2.05) is 60.9 Å². The van der Waals surface area contributed by atoms with E-state index in [9.17, 15) is 38.5 Å². The first-order valence-electron chi connectivity index (χ1n) is 28.2. The van der Waals surface area contributed by atoms with E-state index in [1.165, 1.54) is 39.6 Å². The summed E-state index contributed by atoms with van der Waals surface area (Å²) < 4.78 is 70.7. The molecule has 87 heavy (non-hydrogen) atoms. The van der Waals surface area contributed by atoms with E-state index in [4.69, 9.17) is 41.0 Å². The fraction of sp³-hybridized carbons (Fsp3) is 0.387. The Labute approximate surface area is 502 Å². The monoisotopic (exact) mass is 1200 g/mol. The minimum atomic E-state index is -2.84. The highest BCUT2D eigenvalue weighted by molar-refractivity contribution is 6.18. The average molecular weight is 1200 g/mol. The first-order chi connectivity index (χ1) is 41.9. The van der Waals surface area contributed by atoms with Gasteiger partial charge < -0.3 is 29.1 Å². The number of hydrogen-bond acceptors (Lipinski definition) is 18. The van der Waals surface area contributed by atoms with Gasteiger partial charge in [-0.3, -0.25) is 9.80 Å². The molecular formula is C62H57ClF4N16O4. The fourth-order valence-electron chi connectivity index (χ4n) is 12.8. The lowest BCUT2D eigenvalue weighted by molar-refractivity contribution is -0.148. The Morgan fingerprint density at radius 2 is 1.05 bits per heavy atom. The van der Waals surface area contributed by atoms with Crippen LogP contribution < -0.4 is 24.0 Å². The quantitative estimate of drug-likeness (QED) is 0.0787. The average Bonchev–Trinajstić information content (AvgIpc) is 2.12. The zero-order valence-electron chi connectivity index (χ0n) is 47.3. The molecule has 4 bridgehead atoms. The molecule has 8 aromatic heterocycles. The second kappa shape index (κ2) is 23.2. The van der Waals surface area contributed by atoms with Gasteiger partial charge in [-0.1, -0.05) is 12.1 Å². The zero-order chi connectivity index (χ0) is 60.8. The second-order valence-electron chi connectivity index (χ2n) is 23.2. The maximum atomic E-state index is 13.5. The van der Waals surface area contributed by atoms with E-state index in [0.29, 0.717) is 69.4 Å². The van der Waals surface area contributed by atoms with Crippen LogP contribution in [0.25, 0.3) is 33.3 Å². The second-order valence-corrected chi connectivity index (χ2v) is 23.5. The summed E-state index contributed by atoms with van der Waals surface area (Å²) in [6.45, 7) is 5.21. The first-order valence-corrected chi connectivity index (χ1v) is 28.7. The van der Waals surface area contributed by atoms with Crippen LogP contribution in [0.15, 0.2) is 110 Å². The van der Waals surface area contributed by atoms with Gasteiger partial charge in [-0.15, -0.1) is 11.6 Å². The molecule has 6 saturated heterocycles. The maximum Gasteiger partial charge on any atom is 0.251 e. The van der Waals surface area contributed by atoms with E-state index < -0.39 is 35.5 Å². The zero-order valence-corrected chi connectivity index (χ0v) is 48.1. The third kappa shape index (κ3) is 11.6. The number of pyridine rings is 6. The van der Waals surface area contributed by atoms with Crippen molar-refractivity contribution in [1.29, 1.82) is 21.0 Å². The van der Waals surface area contributed by atoms with E-state index >= 15 is 0 Å². The van der Waals surface area contributed by atoms with Gasteiger partial charge in [0.1, 0.15) is 47.3 Å². The van der Waals surface area contributed by atoms with Crippen LogP contribution in [-0.2, 0) is 13.1 Å². The van der Waals surface area contributed by atoms with Gasteiger partial charge in [-0.2, -0.15) is 31.2 Å². The number of aromatic nitrogens is 8. The molecule has 2 aliphatic carbocycles. The first kappa shape index (κ1) is 58.1. The molecule has 4 atom stereocenters. The van der Waals surface area contributed by atoms with E-state index in [-0.39, 0.29) is 31.1 Å². The lowest BCUT2D eigenvalue weighted by Gasteiger charge is -2.56. The molecule has 20 nitrogen and oxygen atoms in total. The smallest absolute Gasteiger partial charge is 0.251 e. The van der Waals surface area contributed by atoms with Gasteiger partial charge in [0.15, 0.2) is 0 Å². The molecule has 444 valence electrons. The number of anilines is 2. The van der Waals surface area contributed by atoms with Crippen molar-refractivity contribution < 1.29 is 36.9 Å². The van der Waals surface area contributed by atoms with Gasteiger partial charge in [0.05, 0.1) is 78.7 Å². The number of nitrogens with zero attached hydrogens (tertiary/aromatic N) is 16. The van der Waals surface area contributed by atoms with E-state index in [2.05, 4.69) is 64.0 Å². The topological polar surface area (TPSA) is 242 Å². The van der Waals surface area contributed by atoms with Crippen molar-refractivity contribution >= 4 is 34.3 Å². The van der Waals surface area contributed by atoms with Crippen LogP contribution in [-0.4, -0.2) is 143 Å². The van der Waals surface area contributed by atoms with Crippen molar-refractivity contribution in [3.63, 3.8) is 0 Å². The normalized spacial score (nSPS) is 21.5. The predicted octanol–water partition coefficient (Wildman–Crippen LogP) is 9.46. The molecule has 2 saturated carbocycles. The highest BCUT2D eigenvalue weighted by Gasteiger charge is 2.58. The molecule has 0 radical (unpaired) electrons. The largest absolute Gasteiger partial charge is 0.506 e. The predicted molar refractivity (Wildman–Crippen MR) is 310 cm³/mol. The molecule has 16 rings (SSSR count). The summed E-state index contributed by atoms with van der Waals surface area (Å²) in [5.41, 5.74) is 5.30. The molecule has 8 fully saturated rings. The summed E-state index contributed by atoms with van der Waals surface area (Å²) >= 11 is 5.33. The van der Waals surface area contributed by atoms with Crippen LogP contribution in [0, 0.1) is 56.2 Å². The van der Waals surface area contributed by atoms with Gasteiger partial charge >= 0.3 is 0 Å². The molecule has 8 aromatic rings. The summed E-state index contributed by atoms with van der Waals surface area (Å²) in [7, 11) is 3.24. The summed E-state index contributed by atoms with van der Waals surface area (Å²) in [5, 5.41) is 55.6. The summed E-state index contributed by atoms with van der Waals surface area (Å²) in [4.78, 5) is 27.8. The highest BCUT2D eigenvalue weighted by atomic mass is 35.5. The van der Waals surface area contributed by atoms with Crippen molar-refractivity contribution in [3.8, 4) is 69.8 Å². The molecule has 4 unspecified atom stereocenters. The fourth-order valence-corrected chi connectivity index (χ4v) is 13.1. The molecule has 14 heterocycles. The molecule has 1 N–H and O–H groups in total. The number of aromatic hydroxyl groups is 1. The Morgan fingerprint density at radius 1 is 0.586 bits per heavy atom. The molecule has 0 spiro atoms. The lowest BCUT2D eigenvalue weighted by atomic mass is 9.67. The number of hydrogen-bond donors (Lipinski definition) is 1. The van der Waals surface area contributed by atoms with Crippen molar-refractivity contribution in [2.75, 3.05) is 62.7 Å². The van der Waals surface area contributed by atoms with Crippen LogP contribution in [0.4, 0.5) is 29.2 Å². The highest BCUT2D eigenvalue weighted by Crippen LogP contribution is 2.53. The van der Waals surface area contributed by atoms with Gasteiger partial charge in [-0.05, 0) is 60.4 Å². The van der Waals surface area contributed by atoms with Crippen molar-refractivity contribution in [3.05, 3.63) is 132 Å². The van der Waals surface area contributed by atoms with Crippen LogP contribution in [0.1, 0.15) is 60.8 Å². The molecular weight excluding hydrogens is 1140 g/mol. The summed E-state index contributed by atoms with van der Waals surface area (Å²) in [5.74, 6) is -1.96. The third-order valence-electron chi connectivity index (χ3n) is 17.3. The Hall–Kier alpha value is -9.33. The van der Waals surface area contributed by atoms with Crippen molar-refractivity contribution in [2.24, 2.45) is 10.8 Å². The van der Waals surface area contributed by atoms with E-state index in [1.54, 1.807) is 44.9 Å². The van der Waals surface area contributed by atoms with Gasteiger partial charge in [0.25, 0.3) is 11.8 Å². The van der Waals surface area contributed by atoms with Crippen molar-refractivity contribution in [1.82, 2.24) is 49.0 Å². The van der Waals surface area contributed by atoms with Gasteiger partial charge in [0.2, 0.25) is 11.8 Å². The molecule has 25 heteroatoms. The minimum absolute atomic E-state index is 0.0130. The van der Waals surface area contributed by atoms with Crippen LogP contribution in [0.2, 0.25) is 0 Å². The SMILES string of the molecule is COc1ccc(CN2C3CC2CN(c2ccc(-c4cc(O)cn5ncc(C#N)c45)cn2)C3)cn1.COc1ccc(CN2C3CC2CN(c2ccc(-c4cc(OCC5(C#N)CC(F)(F)C5)cn5ncc(C#N)c45)cn2)C3)cn1.N#CC1(CCl)CC(F)(F)C1. The van der Waals surface area contributed by atoms with Crippen LogP contribution >= 0.6 is 11.6 Å². The van der Waals surface area contributed by atoms with Gasteiger partial charge in [0, 0.05) is 154 Å². The van der Waals surface area contributed by atoms with Gasteiger partial charge in [-0.25, -0.2) is 46.5 Å². The summed E-state index contributed by atoms with van der Waals surface area (Å²) in [6.07, 6.45) is 14.0. The number of ether oxygens (including phenoxy) is 3. The maximum absolute atomic E-state index is 13.5. The standard InChI is InChI=1S/C31H28F2N8O2.C25H23N7O2.C6H6ClF2N/c1-42-28-5-2-20(9-37-28)12-40-23-6-24(40)14-39(13-23)27-4-3-21(10-36-27)26-7-25(15-41-29(26)22(8-34)11-38-41)43-19-30(18-35)16-31(32,33)17-30;1-34-24-5-2-16(9-28-24)12-31-19-6-20(31)14-30(13-19)23-4-3-17(10-27-23)22-7-21(33)15-32-25(22)18(8-26)11-29-32;7-3-5(4-10)1-6(8,9)2-5/h2-5,7,9-11,15,23-24H,6,12-14,16-17,19H2,1H3;2-5,7,9-11,15,19-20,33H,6,12-14H2,1H3;1-3H2. The number of halogens is 5.